The quantitative estimate of drug-likeness (QED) is 0.865. The zero-order valence-corrected chi connectivity index (χ0v) is 10.4. The van der Waals surface area contributed by atoms with Crippen LogP contribution in [0.3, 0.4) is 0 Å². The molecule has 3 heteroatoms. The maximum Gasteiger partial charge on any atom is 0.183 e. The number of aromatic nitrogens is 1. The highest BCUT2D eigenvalue weighted by atomic mass is 32.1. The van der Waals surface area contributed by atoms with Gasteiger partial charge in [-0.15, -0.1) is 11.3 Å². The first-order chi connectivity index (χ1) is 7.75. The molecule has 2 aromatic rings. The predicted octanol–water partition coefficient (Wildman–Crippen LogP) is 3.88. The molecule has 0 fully saturated rings. The van der Waals surface area contributed by atoms with E-state index in [1.807, 2.05) is 12.3 Å². The molecule has 16 heavy (non-hydrogen) atoms. The van der Waals surface area contributed by atoms with Crippen molar-refractivity contribution in [2.75, 3.05) is 5.32 Å². The Kier molecular flexibility index (Phi) is 3.57. The minimum atomic E-state index is 0.560. The van der Waals surface area contributed by atoms with Gasteiger partial charge < -0.3 is 5.32 Å². The fourth-order valence-electron chi connectivity index (χ4n) is 1.41. The number of nitrogens with one attached hydrogen (secondary N) is 1. The molecule has 0 atom stereocenters. The summed E-state index contributed by atoms with van der Waals surface area (Å²) >= 11 is 1.74. The second kappa shape index (κ2) is 5.12. The normalized spacial score (nSPS) is 10.7. The maximum atomic E-state index is 4.36. The van der Waals surface area contributed by atoms with Crippen LogP contribution >= 0.6 is 11.3 Å². The summed E-state index contributed by atoms with van der Waals surface area (Å²) in [6, 6.07) is 10.4. The van der Waals surface area contributed by atoms with E-state index in [1.54, 1.807) is 11.3 Å². The topological polar surface area (TPSA) is 24.9 Å². The molecule has 0 spiro atoms. The molecule has 2 rings (SSSR count). The number of hydrogen-bond donors (Lipinski definition) is 1. The molecule has 0 radical (unpaired) electrons. The fraction of sp³-hybridized carbons (Fsp3) is 0.308. The van der Waals surface area contributed by atoms with Gasteiger partial charge >= 0.3 is 0 Å². The molecule has 0 bridgehead atoms. The first-order valence-corrected chi connectivity index (χ1v) is 6.31. The Morgan fingerprint density at radius 2 is 2.00 bits per heavy atom. The van der Waals surface area contributed by atoms with Crippen molar-refractivity contribution in [1.29, 1.82) is 0 Å². The Morgan fingerprint density at radius 1 is 1.25 bits per heavy atom. The van der Waals surface area contributed by atoms with E-state index in [4.69, 9.17) is 0 Å². The van der Waals surface area contributed by atoms with Crippen LogP contribution in [0.2, 0.25) is 0 Å². The highest BCUT2D eigenvalue weighted by molar-refractivity contribution is 7.15. The molecular formula is C13H16N2S. The summed E-state index contributed by atoms with van der Waals surface area (Å²) in [5, 5.41) is 4.35. The van der Waals surface area contributed by atoms with Crippen LogP contribution in [0.25, 0.3) is 0 Å². The highest BCUT2D eigenvalue weighted by Gasteiger charge is 2.04. The Labute approximate surface area is 100 Å². The molecule has 0 unspecified atom stereocenters. The van der Waals surface area contributed by atoms with Crippen LogP contribution in [0.4, 0.5) is 5.13 Å². The van der Waals surface area contributed by atoms with Crippen molar-refractivity contribution >= 4 is 16.5 Å². The number of rotatable bonds is 4. The SMILES string of the molecule is CC(C)c1cnc(NCc2ccccc2)s1. The van der Waals surface area contributed by atoms with E-state index in [2.05, 4.69) is 48.4 Å². The lowest BCUT2D eigenvalue weighted by molar-refractivity contribution is 0.885. The predicted molar refractivity (Wildman–Crippen MR) is 70.0 cm³/mol. The van der Waals surface area contributed by atoms with Crippen molar-refractivity contribution in [3.63, 3.8) is 0 Å². The van der Waals surface area contributed by atoms with Gasteiger partial charge in [0.05, 0.1) is 0 Å². The number of hydrogen-bond acceptors (Lipinski definition) is 3. The van der Waals surface area contributed by atoms with E-state index in [0.717, 1.165) is 11.7 Å². The Bertz CT molecular complexity index is 434. The van der Waals surface area contributed by atoms with Crippen LogP contribution in [-0.2, 0) is 6.54 Å². The van der Waals surface area contributed by atoms with E-state index in [0.29, 0.717) is 5.92 Å². The van der Waals surface area contributed by atoms with Crippen molar-refractivity contribution < 1.29 is 0 Å². The van der Waals surface area contributed by atoms with Gasteiger partial charge in [-0.3, -0.25) is 0 Å². The third-order valence-corrected chi connectivity index (χ3v) is 3.63. The van der Waals surface area contributed by atoms with Crippen LogP contribution in [0.15, 0.2) is 36.5 Å². The number of anilines is 1. The second-order valence-electron chi connectivity index (χ2n) is 4.06. The molecule has 0 aliphatic rings. The minimum absolute atomic E-state index is 0.560. The highest BCUT2D eigenvalue weighted by Crippen LogP contribution is 2.25. The molecule has 2 nitrogen and oxygen atoms in total. The second-order valence-corrected chi connectivity index (χ2v) is 5.12. The first-order valence-electron chi connectivity index (χ1n) is 5.49. The Hall–Kier alpha value is -1.35. The van der Waals surface area contributed by atoms with Gasteiger partial charge in [-0.1, -0.05) is 44.2 Å². The number of thiazole rings is 1. The van der Waals surface area contributed by atoms with Gasteiger partial charge in [0, 0.05) is 17.6 Å². The van der Waals surface area contributed by atoms with E-state index in [1.165, 1.54) is 10.4 Å². The van der Waals surface area contributed by atoms with Gasteiger partial charge in [-0.05, 0) is 11.5 Å². The van der Waals surface area contributed by atoms with E-state index in [9.17, 15) is 0 Å². The number of benzene rings is 1. The van der Waals surface area contributed by atoms with Crippen LogP contribution in [0, 0.1) is 0 Å². The Morgan fingerprint density at radius 3 is 2.62 bits per heavy atom. The summed E-state index contributed by atoms with van der Waals surface area (Å²) in [5.74, 6) is 0.560. The molecule has 1 N–H and O–H groups in total. The summed E-state index contributed by atoms with van der Waals surface area (Å²) < 4.78 is 0. The molecule has 0 amide bonds. The van der Waals surface area contributed by atoms with Crippen molar-refractivity contribution in [3.8, 4) is 0 Å². The van der Waals surface area contributed by atoms with Gasteiger partial charge in [0.1, 0.15) is 0 Å². The summed E-state index contributed by atoms with van der Waals surface area (Å²) in [7, 11) is 0. The summed E-state index contributed by atoms with van der Waals surface area (Å²) in [5.41, 5.74) is 1.28. The first kappa shape index (κ1) is 11.1. The van der Waals surface area contributed by atoms with Crippen molar-refractivity contribution in [2.24, 2.45) is 0 Å². The summed E-state index contributed by atoms with van der Waals surface area (Å²) in [4.78, 5) is 5.69. The molecule has 84 valence electrons. The molecule has 0 saturated carbocycles. The smallest absolute Gasteiger partial charge is 0.183 e. The molecule has 1 aromatic heterocycles. The number of nitrogens with zero attached hydrogens (tertiary/aromatic N) is 1. The standard InChI is InChI=1S/C13H16N2S/c1-10(2)12-9-15-13(16-12)14-8-11-6-4-3-5-7-11/h3-7,9-10H,8H2,1-2H3,(H,14,15). The molecule has 0 saturated heterocycles. The molecular weight excluding hydrogens is 216 g/mol. The zero-order valence-electron chi connectivity index (χ0n) is 9.60. The lowest BCUT2D eigenvalue weighted by Crippen LogP contribution is -1.97. The molecule has 1 aromatic carbocycles. The summed E-state index contributed by atoms with van der Waals surface area (Å²) in [6.45, 7) is 5.22. The van der Waals surface area contributed by atoms with Gasteiger partial charge in [0.25, 0.3) is 0 Å². The van der Waals surface area contributed by atoms with Crippen LogP contribution in [0.5, 0.6) is 0 Å². The van der Waals surface area contributed by atoms with Crippen LogP contribution in [0.1, 0.15) is 30.2 Å². The van der Waals surface area contributed by atoms with Gasteiger partial charge in [0.2, 0.25) is 0 Å². The van der Waals surface area contributed by atoms with Gasteiger partial charge in [-0.25, -0.2) is 4.98 Å². The molecule has 0 aliphatic carbocycles. The largest absolute Gasteiger partial charge is 0.357 e. The van der Waals surface area contributed by atoms with E-state index in [-0.39, 0.29) is 0 Å². The van der Waals surface area contributed by atoms with Gasteiger partial charge in [0.15, 0.2) is 5.13 Å². The maximum absolute atomic E-state index is 4.36. The van der Waals surface area contributed by atoms with E-state index >= 15 is 0 Å². The average molecular weight is 232 g/mol. The van der Waals surface area contributed by atoms with Crippen LogP contribution in [-0.4, -0.2) is 4.98 Å². The molecule has 1 heterocycles. The fourth-order valence-corrected chi connectivity index (χ4v) is 2.22. The van der Waals surface area contributed by atoms with Crippen molar-refractivity contribution in [1.82, 2.24) is 4.98 Å². The monoisotopic (exact) mass is 232 g/mol. The van der Waals surface area contributed by atoms with Crippen molar-refractivity contribution in [3.05, 3.63) is 47.0 Å². The van der Waals surface area contributed by atoms with Crippen LogP contribution < -0.4 is 5.32 Å². The summed E-state index contributed by atoms with van der Waals surface area (Å²) in [6.07, 6.45) is 1.96. The van der Waals surface area contributed by atoms with Gasteiger partial charge in [-0.2, -0.15) is 0 Å². The lowest BCUT2D eigenvalue weighted by Gasteiger charge is -2.02. The lowest BCUT2D eigenvalue weighted by atomic mass is 10.2. The zero-order chi connectivity index (χ0) is 11.4. The molecule has 0 aliphatic heterocycles. The minimum Gasteiger partial charge on any atom is -0.357 e. The van der Waals surface area contributed by atoms with E-state index < -0.39 is 0 Å². The average Bonchev–Trinajstić information content (AvgIpc) is 2.76. The third kappa shape index (κ3) is 2.83. The van der Waals surface area contributed by atoms with Crippen molar-refractivity contribution in [2.45, 2.75) is 26.3 Å². The third-order valence-electron chi connectivity index (χ3n) is 2.38. The Balaban J connectivity index is 1.95.